The first-order valence-electron chi connectivity index (χ1n) is 10.1. The molecule has 2 N–H and O–H groups in total. The number of hydrogen-bond donors (Lipinski definition) is 2. The quantitative estimate of drug-likeness (QED) is 0.512. The number of aryl methyl sites for hydroxylation is 1. The van der Waals surface area contributed by atoms with Crippen molar-refractivity contribution in [2.45, 2.75) is 39.1 Å². The van der Waals surface area contributed by atoms with Crippen molar-refractivity contribution >= 4 is 5.96 Å². The fraction of sp³-hybridized carbons (Fsp3) is 0.435. The summed E-state index contributed by atoms with van der Waals surface area (Å²) >= 11 is 0. The first-order chi connectivity index (χ1) is 14.6. The van der Waals surface area contributed by atoms with Gasteiger partial charge in [-0.2, -0.15) is 0 Å². The van der Waals surface area contributed by atoms with E-state index >= 15 is 0 Å². The van der Waals surface area contributed by atoms with Gasteiger partial charge in [0.25, 0.3) is 0 Å². The maximum Gasteiger partial charge on any atom is 0.191 e. The number of ether oxygens (including phenoxy) is 3. The predicted octanol–water partition coefficient (Wildman–Crippen LogP) is 3.31. The van der Waals surface area contributed by atoms with Crippen LogP contribution in [0.3, 0.4) is 0 Å². The molecule has 0 bridgehead atoms. The van der Waals surface area contributed by atoms with Crippen LogP contribution in [-0.4, -0.2) is 39.4 Å². The third kappa shape index (κ3) is 6.18. The number of methoxy groups -OCH3 is 1. The molecule has 2 aromatic carbocycles. The van der Waals surface area contributed by atoms with E-state index in [9.17, 15) is 4.39 Å². The van der Waals surface area contributed by atoms with Crippen molar-refractivity contribution in [1.82, 2.24) is 10.6 Å². The molecule has 1 heterocycles. The molecule has 0 radical (unpaired) electrons. The van der Waals surface area contributed by atoms with Crippen LogP contribution in [0.5, 0.6) is 5.75 Å². The second-order valence-electron chi connectivity index (χ2n) is 7.35. The molecule has 1 unspecified atom stereocenters. The van der Waals surface area contributed by atoms with Crippen molar-refractivity contribution in [3.8, 4) is 5.75 Å². The zero-order chi connectivity index (χ0) is 21.3. The topological polar surface area (TPSA) is 64.1 Å². The summed E-state index contributed by atoms with van der Waals surface area (Å²) < 4.78 is 30.4. The number of rotatable bonds is 8. The lowest BCUT2D eigenvalue weighted by atomic mass is 10.1. The highest BCUT2D eigenvalue weighted by molar-refractivity contribution is 5.79. The maximum atomic E-state index is 13.8. The third-order valence-corrected chi connectivity index (χ3v) is 4.94. The molecule has 162 valence electrons. The van der Waals surface area contributed by atoms with Crippen LogP contribution < -0.4 is 15.4 Å². The Kier molecular flexibility index (Phi) is 8.04. The third-order valence-electron chi connectivity index (χ3n) is 4.94. The van der Waals surface area contributed by atoms with Crippen LogP contribution >= 0.6 is 0 Å². The number of hydrogen-bond acceptors (Lipinski definition) is 4. The molecule has 0 aliphatic carbocycles. The van der Waals surface area contributed by atoms with Crippen LogP contribution in [0, 0.1) is 12.7 Å². The Morgan fingerprint density at radius 3 is 2.73 bits per heavy atom. The van der Waals surface area contributed by atoms with Gasteiger partial charge in [0, 0.05) is 44.8 Å². The van der Waals surface area contributed by atoms with Crippen LogP contribution in [0.1, 0.15) is 28.7 Å². The Balaban J connectivity index is 1.58. The second kappa shape index (κ2) is 10.9. The zero-order valence-electron chi connectivity index (χ0n) is 17.8. The molecular weight excluding hydrogens is 385 g/mol. The Morgan fingerprint density at radius 1 is 1.17 bits per heavy atom. The predicted molar refractivity (Wildman–Crippen MR) is 115 cm³/mol. The van der Waals surface area contributed by atoms with Crippen molar-refractivity contribution in [2.75, 3.05) is 27.4 Å². The number of benzene rings is 2. The van der Waals surface area contributed by atoms with Gasteiger partial charge < -0.3 is 24.8 Å². The minimum atomic E-state index is -0.261. The van der Waals surface area contributed by atoms with Crippen LogP contribution in [0.15, 0.2) is 41.4 Å². The molecule has 1 saturated heterocycles. The molecule has 0 spiro atoms. The van der Waals surface area contributed by atoms with Crippen molar-refractivity contribution in [3.05, 3.63) is 64.5 Å². The zero-order valence-corrected chi connectivity index (χ0v) is 17.8. The van der Waals surface area contributed by atoms with Crippen molar-refractivity contribution in [3.63, 3.8) is 0 Å². The number of nitrogens with zero attached hydrogens (tertiary/aromatic N) is 1. The standard InChI is InChI=1S/C23H30FN3O3/c1-16-4-6-18(22(10-16)30-20-8-9-29-15-20)13-27-23(25-2)26-12-17-5-7-21(24)19(11-17)14-28-3/h4-7,10-11,20H,8-9,12-15H2,1-3H3,(H2,25,26,27). The lowest BCUT2D eigenvalue weighted by Crippen LogP contribution is -2.36. The van der Waals surface area contributed by atoms with Gasteiger partial charge in [0.15, 0.2) is 5.96 Å². The first kappa shape index (κ1) is 22.1. The van der Waals surface area contributed by atoms with Crippen molar-refractivity contribution < 1.29 is 18.6 Å². The van der Waals surface area contributed by atoms with E-state index in [0.29, 0.717) is 31.2 Å². The smallest absolute Gasteiger partial charge is 0.191 e. The van der Waals surface area contributed by atoms with Gasteiger partial charge >= 0.3 is 0 Å². The minimum Gasteiger partial charge on any atom is -0.488 e. The van der Waals surface area contributed by atoms with Crippen LogP contribution in [-0.2, 0) is 29.2 Å². The van der Waals surface area contributed by atoms with Gasteiger partial charge in [0.1, 0.15) is 17.7 Å². The molecule has 1 aliphatic rings. The van der Waals surface area contributed by atoms with E-state index in [1.54, 1.807) is 26.3 Å². The first-order valence-corrected chi connectivity index (χ1v) is 10.1. The Morgan fingerprint density at radius 2 is 2.00 bits per heavy atom. The minimum absolute atomic E-state index is 0.0998. The average Bonchev–Trinajstić information content (AvgIpc) is 3.25. The fourth-order valence-corrected chi connectivity index (χ4v) is 3.29. The molecule has 6 nitrogen and oxygen atoms in total. The summed E-state index contributed by atoms with van der Waals surface area (Å²) in [6, 6.07) is 11.2. The van der Waals surface area contributed by atoms with Gasteiger partial charge in [-0.1, -0.05) is 18.2 Å². The Labute approximate surface area is 177 Å². The number of nitrogens with one attached hydrogen (secondary N) is 2. The normalized spacial score (nSPS) is 16.5. The monoisotopic (exact) mass is 415 g/mol. The lowest BCUT2D eigenvalue weighted by Gasteiger charge is -2.18. The molecule has 7 heteroatoms. The van der Waals surface area contributed by atoms with Gasteiger partial charge in [0.05, 0.1) is 19.8 Å². The van der Waals surface area contributed by atoms with Crippen LogP contribution in [0.2, 0.25) is 0 Å². The Hall–Kier alpha value is -2.64. The molecule has 0 aromatic heterocycles. The maximum absolute atomic E-state index is 13.8. The van der Waals surface area contributed by atoms with E-state index in [1.165, 1.54) is 6.07 Å². The second-order valence-corrected chi connectivity index (χ2v) is 7.35. The summed E-state index contributed by atoms with van der Waals surface area (Å²) in [4.78, 5) is 4.28. The highest BCUT2D eigenvalue weighted by atomic mass is 19.1. The average molecular weight is 416 g/mol. The summed E-state index contributed by atoms with van der Waals surface area (Å²) in [5, 5.41) is 6.58. The summed E-state index contributed by atoms with van der Waals surface area (Å²) in [5.74, 6) is 1.27. The van der Waals surface area contributed by atoms with Crippen LogP contribution in [0.25, 0.3) is 0 Å². The fourth-order valence-electron chi connectivity index (χ4n) is 3.29. The molecular formula is C23H30FN3O3. The van der Waals surface area contributed by atoms with E-state index in [1.807, 2.05) is 0 Å². The van der Waals surface area contributed by atoms with E-state index < -0.39 is 0 Å². The number of guanidine groups is 1. The largest absolute Gasteiger partial charge is 0.488 e. The summed E-state index contributed by atoms with van der Waals surface area (Å²) in [5.41, 5.74) is 3.70. The lowest BCUT2D eigenvalue weighted by molar-refractivity contribution is 0.140. The molecule has 1 fully saturated rings. The molecule has 0 amide bonds. The van der Waals surface area contributed by atoms with Crippen molar-refractivity contribution in [1.29, 1.82) is 0 Å². The van der Waals surface area contributed by atoms with Gasteiger partial charge in [0.2, 0.25) is 0 Å². The summed E-state index contributed by atoms with van der Waals surface area (Å²) in [7, 11) is 3.28. The van der Waals surface area contributed by atoms with Gasteiger partial charge in [-0.3, -0.25) is 4.99 Å². The molecule has 1 atom stereocenters. The molecule has 0 saturated carbocycles. The molecule has 30 heavy (non-hydrogen) atoms. The van der Waals surface area contributed by atoms with Gasteiger partial charge in [-0.05, 0) is 36.2 Å². The Bertz CT molecular complexity index is 867. The van der Waals surface area contributed by atoms with Crippen molar-refractivity contribution in [2.24, 2.45) is 4.99 Å². The van der Waals surface area contributed by atoms with E-state index in [2.05, 4.69) is 40.7 Å². The number of halogens is 1. The molecule has 2 aromatic rings. The van der Waals surface area contributed by atoms with E-state index in [-0.39, 0.29) is 18.5 Å². The highest BCUT2D eigenvalue weighted by Gasteiger charge is 2.18. The van der Waals surface area contributed by atoms with E-state index in [0.717, 1.165) is 35.5 Å². The van der Waals surface area contributed by atoms with Gasteiger partial charge in [-0.15, -0.1) is 0 Å². The van der Waals surface area contributed by atoms with Crippen LogP contribution in [0.4, 0.5) is 4.39 Å². The molecule has 1 aliphatic heterocycles. The van der Waals surface area contributed by atoms with Gasteiger partial charge in [-0.25, -0.2) is 4.39 Å². The summed E-state index contributed by atoms with van der Waals surface area (Å²) in [6.07, 6.45) is 1.01. The SMILES string of the molecule is CN=C(NCc1ccc(F)c(COC)c1)NCc1ccc(C)cc1OC1CCOC1. The number of aliphatic imine (C=N–C) groups is 1. The summed E-state index contributed by atoms with van der Waals surface area (Å²) in [6.45, 7) is 4.77. The molecule has 3 rings (SSSR count). The highest BCUT2D eigenvalue weighted by Crippen LogP contribution is 2.23. The van der Waals surface area contributed by atoms with E-state index in [4.69, 9.17) is 14.2 Å².